The first kappa shape index (κ1) is 22.7. The van der Waals surface area contributed by atoms with E-state index in [2.05, 4.69) is 35.4 Å². The number of hydrogen-bond donors (Lipinski definition) is 2. The topological polar surface area (TPSA) is 124 Å². The van der Waals surface area contributed by atoms with Crippen LogP contribution in [0.25, 0.3) is 28.6 Å². The number of methoxy groups -OCH3 is 1. The summed E-state index contributed by atoms with van der Waals surface area (Å²) >= 11 is 0. The number of aromatic nitrogens is 5. The molecule has 1 atom stereocenters. The van der Waals surface area contributed by atoms with E-state index in [0.717, 1.165) is 6.20 Å². The summed E-state index contributed by atoms with van der Waals surface area (Å²) in [7, 11) is 1.24. The number of pyridine rings is 1. The number of fused-ring (bicyclic) bond motifs is 1. The predicted octanol–water partition coefficient (Wildman–Crippen LogP) is 3.18. The van der Waals surface area contributed by atoms with Crippen LogP contribution >= 0.6 is 0 Å². The third-order valence-corrected chi connectivity index (χ3v) is 6.59. The number of hydrogen-bond acceptors (Lipinski definition) is 7. The molecule has 3 aromatic heterocycles. The first-order chi connectivity index (χ1) is 17.9. The highest BCUT2D eigenvalue weighted by molar-refractivity contribution is 6.08. The van der Waals surface area contributed by atoms with Crippen LogP contribution < -0.4 is 10.6 Å². The van der Waals surface area contributed by atoms with Crippen molar-refractivity contribution in [2.45, 2.75) is 18.4 Å². The van der Waals surface area contributed by atoms with Gasteiger partial charge >= 0.3 is 6.09 Å². The molecule has 2 amide bonds. The minimum absolute atomic E-state index is 0.00607. The van der Waals surface area contributed by atoms with Crippen LogP contribution in [0, 0.1) is 11.6 Å². The Balaban J connectivity index is 1.47. The van der Waals surface area contributed by atoms with Crippen molar-refractivity contribution in [3.8, 4) is 11.5 Å². The first-order valence-corrected chi connectivity index (χ1v) is 11.4. The van der Waals surface area contributed by atoms with Gasteiger partial charge in [0, 0.05) is 17.7 Å². The monoisotopic (exact) mass is 503 g/mol. The van der Waals surface area contributed by atoms with Crippen LogP contribution in [-0.4, -0.2) is 50.4 Å². The van der Waals surface area contributed by atoms with Gasteiger partial charge in [0.05, 0.1) is 30.9 Å². The van der Waals surface area contributed by atoms with E-state index in [9.17, 15) is 18.4 Å². The Bertz CT molecular complexity index is 1630. The number of alkyl carbamates (subject to hydrolysis) is 1. The van der Waals surface area contributed by atoms with Gasteiger partial charge in [0.25, 0.3) is 0 Å². The van der Waals surface area contributed by atoms with E-state index in [0.29, 0.717) is 34.3 Å². The molecule has 12 heteroatoms. The van der Waals surface area contributed by atoms with Crippen molar-refractivity contribution in [3.63, 3.8) is 0 Å². The average Bonchev–Trinajstić information content (AvgIpc) is 3.39. The Hall–Kier alpha value is -4.74. The van der Waals surface area contributed by atoms with Crippen LogP contribution in [0.3, 0.4) is 0 Å². The molecule has 4 aromatic rings. The molecule has 0 fully saturated rings. The molecular weight excluding hydrogens is 484 g/mol. The van der Waals surface area contributed by atoms with E-state index in [1.165, 1.54) is 23.9 Å². The van der Waals surface area contributed by atoms with Crippen LogP contribution in [-0.2, 0) is 21.5 Å². The average molecular weight is 503 g/mol. The normalized spacial score (nSPS) is 17.5. The summed E-state index contributed by atoms with van der Waals surface area (Å²) in [6.45, 7) is 0.0480. The summed E-state index contributed by atoms with van der Waals surface area (Å²) < 4.78 is 34.7. The fourth-order valence-electron chi connectivity index (χ4n) is 4.81. The summed E-state index contributed by atoms with van der Waals surface area (Å²) in [5.74, 6) is -0.900. The minimum Gasteiger partial charge on any atom is -0.453 e. The van der Waals surface area contributed by atoms with Crippen LogP contribution in [0.2, 0.25) is 0 Å². The van der Waals surface area contributed by atoms with Gasteiger partial charge < -0.3 is 15.4 Å². The van der Waals surface area contributed by atoms with Crippen molar-refractivity contribution in [2.24, 2.45) is 0 Å². The molecule has 6 rings (SSSR count). The molecule has 0 spiro atoms. The van der Waals surface area contributed by atoms with Gasteiger partial charge in [-0.15, -0.1) is 0 Å². The van der Waals surface area contributed by atoms with E-state index >= 15 is 0 Å². The highest BCUT2D eigenvalue weighted by Gasteiger charge is 2.50. The number of allylic oxidation sites excluding steroid dienone is 1. The fourth-order valence-corrected chi connectivity index (χ4v) is 4.81. The van der Waals surface area contributed by atoms with Crippen molar-refractivity contribution in [2.75, 3.05) is 19.0 Å². The van der Waals surface area contributed by atoms with Crippen LogP contribution in [0.15, 0.2) is 42.6 Å². The van der Waals surface area contributed by atoms with E-state index in [4.69, 9.17) is 0 Å². The maximum absolute atomic E-state index is 14.3. The van der Waals surface area contributed by atoms with Gasteiger partial charge in [0.2, 0.25) is 5.91 Å². The van der Waals surface area contributed by atoms with Crippen LogP contribution in [0.5, 0.6) is 0 Å². The Labute approximate surface area is 208 Å². The number of amides is 2. The molecule has 4 heterocycles. The summed E-state index contributed by atoms with van der Waals surface area (Å²) in [5.41, 5.74) is 0.875. The molecule has 2 aliphatic rings. The van der Waals surface area contributed by atoms with Gasteiger partial charge in [-0.2, -0.15) is 5.10 Å². The first-order valence-electron chi connectivity index (χ1n) is 11.4. The molecule has 0 bridgehead atoms. The largest absolute Gasteiger partial charge is 0.453 e. The van der Waals surface area contributed by atoms with Crippen LogP contribution in [0.1, 0.15) is 23.2 Å². The Morgan fingerprint density at radius 1 is 1.27 bits per heavy atom. The molecule has 37 heavy (non-hydrogen) atoms. The lowest BCUT2D eigenvalue weighted by Gasteiger charge is -2.29. The molecule has 1 aromatic carbocycles. The highest BCUT2D eigenvalue weighted by atomic mass is 19.1. The second-order valence-electron chi connectivity index (χ2n) is 8.77. The van der Waals surface area contributed by atoms with Gasteiger partial charge in [-0.1, -0.05) is 24.3 Å². The van der Waals surface area contributed by atoms with E-state index < -0.39 is 23.1 Å². The lowest BCUT2D eigenvalue weighted by Crippen LogP contribution is -2.46. The van der Waals surface area contributed by atoms with E-state index in [-0.39, 0.29) is 36.3 Å². The van der Waals surface area contributed by atoms with Crippen molar-refractivity contribution < 1.29 is 23.1 Å². The molecule has 0 radical (unpaired) electrons. The number of nitrogens with one attached hydrogen (secondary N) is 2. The fraction of sp³-hybridized carbons (Fsp3) is 0.200. The van der Waals surface area contributed by atoms with Crippen molar-refractivity contribution in [1.82, 2.24) is 30.0 Å². The summed E-state index contributed by atoms with van der Waals surface area (Å²) in [4.78, 5) is 38.2. The Morgan fingerprint density at radius 3 is 2.92 bits per heavy atom. The SMILES string of the molecule is COC(=O)NC[C@@]12CC=Cc3nc(-c4nn(Cc5ccccc5F)c5ncc(F)cc45)nc(c31)NC2=O. The number of anilines is 1. The molecule has 1 aliphatic carbocycles. The molecule has 0 saturated carbocycles. The minimum atomic E-state index is -1.09. The van der Waals surface area contributed by atoms with Gasteiger partial charge in [-0.25, -0.2) is 33.2 Å². The van der Waals surface area contributed by atoms with Gasteiger partial charge in [-0.05, 0) is 24.6 Å². The van der Waals surface area contributed by atoms with Crippen molar-refractivity contribution >= 4 is 34.9 Å². The number of rotatable bonds is 5. The zero-order valence-corrected chi connectivity index (χ0v) is 19.5. The highest BCUT2D eigenvalue weighted by Crippen LogP contribution is 2.45. The Morgan fingerprint density at radius 2 is 2.11 bits per heavy atom. The lowest BCUT2D eigenvalue weighted by atomic mass is 9.75. The second-order valence-corrected chi connectivity index (χ2v) is 8.77. The van der Waals surface area contributed by atoms with Crippen molar-refractivity contribution in [3.05, 3.63) is 71.1 Å². The molecule has 0 saturated heterocycles. The van der Waals surface area contributed by atoms with Gasteiger partial charge in [-0.3, -0.25) is 4.79 Å². The number of ether oxygens (including phenoxy) is 1. The van der Waals surface area contributed by atoms with E-state index in [1.807, 2.05) is 0 Å². The third kappa shape index (κ3) is 3.60. The summed E-state index contributed by atoms with van der Waals surface area (Å²) in [5, 5.41) is 10.3. The quantitative estimate of drug-likeness (QED) is 0.429. The smallest absolute Gasteiger partial charge is 0.406 e. The Kier molecular flexibility index (Phi) is 5.18. The maximum atomic E-state index is 14.3. The number of nitrogens with zero attached hydrogens (tertiary/aromatic N) is 5. The predicted molar refractivity (Wildman–Crippen MR) is 128 cm³/mol. The molecule has 0 unspecified atom stereocenters. The summed E-state index contributed by atoms with van der Waals surface area (Å²) in [6.07, 6.45) is 4.29. The molecular formula is C25H19F2N7O3. The molecule has 10 nitrogen and oxygen atoms in total. The summed E-state index contributed by atoms with van der Waals surface area (Å²) in [6, 6.07) is 7.54. The standard InChI is InChI=1S/C25H19F2N7O3/c1-37-24(36)29-12-25-8-4-7-17-18(25)20(32-23(25)35)31-21(30-17)19-15-9-14(26)10-28-22(15)34(33-19)11-13-5-2-3-6-16(13)27/h2-7,9-10H,8,11-12H2,1H3,(H,29,36)(H,30,31,32,35)/t25-/m0/s1. The second kappa shape index (κ2) is 8.43. The number of carbonyl (C=O) groups is 2. The van der Waals surface area contributed by atoms with Gasteiger partial charge in [0.15, 0.2) is 11.5 Å². The zero-order chi connectivity index (χ0) is 25.7. The number of carbonyl (C=O) groups excluding carboxylic acids is 2. The molecule has 1 aliphatic heterocycles. The van der Waals surface area contributed by atoms with Gasteiger partial charge in [0.1, 0.15) is 28.6 Å². The number of benzene rings is 1. The zero-order valence-electron chi connectivity index (χ0n) is 19.5. The maximum Gasteiger partial charge on any atom is 0.406 e. The van der Waals surface area contributed by atoms with E-state index in [1.54, 1.807) is 30.4 Å². The molecule has 2 N–H and O–H groups in total. The number of halogens is 2. The third-order valence-electron chi connectivity index (χ3n) is 6.59. The van der Waals surface area contributed by atoms with Crippen LogP contribution in [0.4, 0.5) is 19.4 Å². The lowest BCUT2D eigenvalue weighted by molar-refractivity contribution is -0.120. The van der Waals surface area contributed by atoms with Crippen molar-refractivity contribution in [1.29, 1.82) is 0 Å². The molecule has 186 valence electrons.